The predicted octanol–water partition coefficient (Wildman–Crippen LogP) is 11.4. The predicted molar refractivity (Wildman–Crippen MR) is 230 cm³/mol. The Morgan fingerprint density at radius 2 is 0.933 bits per heavy atom. The quantitative estimate of drug-likeness (QED) is 0.0405. The summed E-state index contributed by atoms with van der Waals surface area (Å²) in [4.78, 5) is 10.7. The second-order valence-electron chi connectivity index (χ2n) is 14.1. The summed E-state index contributed by atoms with van der Waals surface area (Å²) in [6.45, 7) is -0.509. The van der Waals surface area contributed by atoms with Gasteiger partial charge in [0.15, 0.2) is 11.9 Å². The molecule has 0 radical (unpaired) electrons. The van der Waals surface area contributed by atoms with Crippen molar-refractivity contribution in [1.29, 1.82) is 0 Å². The number of alkyl halides is 19. The van der Waals surface area contributed by atoms with Crippen LogP contribution in [0.15, 0.2) is 127 Å². The normalized spacial score (nSPS) is 12.3. The van der Waals surface area contributed by atoms with Gasteiger partial charge in [0.1, 0.15) is 18.5 Å². The lowest BCUT2D eigenvalue weighted by molar-refractivity contribution is -0.207. The van der Waals surface area contributed by atoms with Crippen molar-refractivity contribution < 1.29 is 129 Å². The first-order chi connectivity index (χ1) is 34.3. The minimum Gasteiger partial charge on any atom is -0.507 e. The van der Waals surface area contributed by atoms with Gasteiger partial charge in [-0.15, -0.1) is 0 Å². The molecule has 0 bridgehead atoms. The Hall–Kier alpha value is -6.04. The van der Waals surface area contributed by atoms with E-state index < -0.39 is 110 Å². The molecule has 0 aliphatic rings. The molecule has 9 nitrogen and oxygen atoms in total. The number of halogens is 19. The van der Waals surface area contributed by atoms with Crippen LogP contribution in [-0.4, -0.2) is 97.9 Å². The first kappa shape index (κ1) is 71.0. The maximum absolute atomic E-state index is 12.6. The molecule has 0 saturated heterocycles. The highest BCUT2D eigenvalue weighted by atomic mass is 19.4. The van der Waals surface area contributed by atoms with Crippen LogP contribution in [-0.2, 0) is 31.1 Å². The zero-order chi connectivity index (χ0) is 58.5. The third kappa shape index (κ3) is 31.5. The van der Waals surface area contributed by atoms with Gasteiger partial charge >= 0.3 is 30.9 Å². The van der Waals surface area contributed by atoms with Crippen molar-refractivity contribution in [1.82, 2.24) is 0 Å². The SMILES string of the molecule is CC(=O)c1ccc(C(F)(F)F)cc1.OC(O)C(F)F.OC(c1ccccc1)c1cccc(C(F)(F)F)c1.OCC(F)F.OCCC(O)C(F)(F)F.OCCc1cccc(C(F)(F)F)c1.Oc1ccccc1C(F)(F)F. The van der Waals surface area contributed by atoms with E-state index in [-0.39, 0.29) is 29.9 Å². The van der Waals surface area contributed by atoms with Crippen molar-refractivity contribution in [2.45, 2.75) is 82.0 Å². The van der Waals surface area contributed by atoms with Gasteiger partial charge in [-0.3, -0.25) is 4.79 Å². The summed E-state index contributed by atoms with van der Waals surface area (Å²) in [7, 11) is 0. The average molecular weight is 1120 g/mol. The zero-order valence-corrected chi connectivity index (χ0v) is 38.2. The molecule has 0 aliphatic carbocycles. The number of ketones is 1. The number of phenols is 1. The minimum absolute atomic E-state index is 0.138. The van der Waals surface area contributed by atoms with E-state index in [4.69, 9.17) is 35.7 Å². The van der Waals surface area contributed by atoms with Crippen LogP contribution < -0.4 is 0 Å². The number of carbonyl (C=O) groups excluding carboxylic acids is 1. The molecule has 0 fully saturated rings. The zero-order valence-electron chi connectivity index (χ0n) is 38.2. The third-order valence-electron chi connectivity index (χ3n) is 8.27. The molecule has 28 heteroatoms. The van der Waals surface area contributed by atoms with Gasteiger partial charge in [-0.25, -0.2) is 17.6 Å². The van der Waals surface area contributed by atoms with Gasteiger partial charge < -0.3 is 40.9 Å². The summed E-state index contributed by atoms with van der Waals surface area (Å²) in [6, 6.07) is 26.8. The minimum atomic E-state index is -4.59. The van der Waals surface area contributed by atoms with E-state index in [1.54, 1.807) is 36.4 Å². The van der Waals surface area contributed by atoms with Gasteiger partial charge in [0.2, 0.25) is 6.29 Å². The molecular weight excluding hydrogens is 1070 g/mol. The first-order valence-electron chi connectivity index (χ1n) is 20.4. The summed E-state index contributed by atoms with van der Waals surface area (Å²) in [5.74, 6) is -0.978. The van der Waals surface area contributed by atoms with E-state index in [0.29, 0.717) is 11.1 Å². The lowest BCUT2D eigenvalue weighted by Crippen LogP contribution is -2.29. The largest absolute Gasteiger partial charge is 0.507 e. The monoisotopic (exact) mass is 1120 g/mol. The molecule has 2 atom stereocenters. The fourth-order valence-corrected chi connectivity index (χ4v) is 4.64. The number of aliphatic hydroxyl groups excluding tert-OH is 6. The molecule has 5 rings (SSSR count). The van der Waals surface area contributed by atoms with Gasteiger partial charge in [-0.05, 0) is 72.5 Å². The van der Waals surface area contributed by atoms with Crippen LogP contribution in [0, 0.1) is 0 Å². The summed E-state index contributed by atoms with van der Waals surface area (Å²) in [5.41, 5.74) is -1.58. The number of benzene rings is 5. The number of para-hydroxylation sites is 1. The van der Waals surface area contributed by atoms with E-state index in [0.717, 1.165) is 48.5 Å². The number of aromatic hydroxyl groups is 1. The van der Waals surface area contributed by atoms with Crippen LogP contribution in [0.1, 0.15) is 68.8 Å². The lowest BCUT2D eigenvalue weighted by atomic mass is 10.00. The maximum Gasteiger partial charge on any atom is 0.419 e. The van der Waals surface area contributed by atoms with Crippen molar-refractivity contribution in [3.63, 3.8) is 0 Å². The van der Waals surface area contributed by atoms with E-state index >= 15 is 0 Å². The van der Waals surface area contributed by atoms with Crippen LogP contribution in [0.2, 0.25) is 0 Å². The third-order valence-corrected chi connectivity index (χ3v) is 8.27. The van der Waals surface area contributed by atoms with E-state index in [1.807, 2.05) is 0 Å². The second kappa shape index (κ2) is 33.8. The highest BCUT2D eigenvalue weighted by Gasteiger charge is 2.37. The molecule has 2 unspecified atom stereocenters. The number of carbonyl (C=O) groups is 1. The van der Waals surface area contributed by atoms with Crippen LogP contribution in [0.4, 0.5) is 83.4 Å². The van der Waals surface area contributed by atoms with Crippen LogP contribution in [0.25, 0.3) is 0 Å². The van der Waals surface area contributed by atoms with Gasteiger partial charge in [0, 0.05) is 25.2 Å². The van der Waals surface area contributed by atoms with Crippen molar-refractivity contribution in [3.05, 3.63) is 172 Å². The Labute approximate surface area is 414 Å². The molecule has 0 heterocycles. The fourth-order valence-electron chi connectivity index (χ4n) is 4.64. The molecule has 0 amide bonds. The smallest absolute Gasteiger partial charge is 0.419 e. The van der Waals surface area contributed by atoms with Gasteiger partial charge in [0.25, 0.3) is 12.9 Å². The second-order valence-corrected chi connectivity index (χ2v) is 14.1. The molecule has 5 aromatic carbocycles. The van der Waals surface area contributed by atoms with E-state index in [9.17, 15) is 93.3 Å². The number of aliphatic hydroxyl groups is 7. The Kier molecular flexibility index (Phi) is 32.0. The molecule has 0 aromatic heterocycles. The van der Waals surface area contributed by atoms with E-state index in [2.05, 4.69) is 0 Å². The van der Waals surface area contributed by atoms with Gasteiger partial charge in [-0.1, -0.05) is 84.9 Å². The summed E-state index contributed by atoms with van der Waals surface area (Å²) >= 11 is 0. The number of rotatable bonds is 9. The number of hydrogen-bond donors (Lipinski definition) is 8. The Balaban J connectivity index is 0. The van der Waals surface area contributed by atoms with Crippen LogP contribution in [0.3, 0.4) is 0 Å². The van der Waals surface area contributed by atoms with E-state index in [1.165, 1.54) is 49.4 Å². The number of phenolic OH excluding ortho intramolecular Hbond substituents is 1. The van der Waals surface area contributed by atoms with Gasteiger partial charge in [-0.2, -0.15) is 65.9 Å². The molecular formula is C47H47F19O9. The van der Waals surface area contributed by atoms with Crippen LogP contribution >= 0.6 is 0 Å². The molecule has 0 saturated carbocycles. The maximum atomic E-state index is 12.6. The van der Waals surface area contributed by atoms with Crippen molar-refractivity contribution in [2.24, 2.45) is 0 Å². The average Bonchev–Trinajstić information content (AvgIpc) is 3.32. The Morgan fingerprint density at radius 1 is 0.507 bits per heavy atom. The lowest BCUT2D eigenvalue weighted by Gasteiger charge is -2.13. The molecule has 5 aromatic rings. The Morgan fingerprint density at radius 3 is 1.28 bits per heavy atom. The molecule has 75 heavy (non-hydrogen) atoms. The molecule has 422 valence electrons. The van der Waals surface area contributed by atoms with Crippen LogP contribution in [0.5, 0.6) is 5.75 Å². The Bertz CT molecular complexity index is 2300. The van der Waals surface area contributed by atoms with Crippen molar-refractivity contribution in [2.75, 3.05) is 19.8 Å². The molecule has 0 aliphatic heterocycles. The standard InChI is InChI=1S/C14H11F3O.C9H7F3O.C9H9F3O.C7H5F3O.C4H7F3O2.C2H4F2O2.C2H4F2O/c15-14(16,17)12-8-4-7-11(9-12)13(18)10-5-2-1-3-6-10;1-6(13)7-2-4-8(5-3-7)9(10,11)12;10-9(11,12)8-3-1-2-7(6-8)4-5-13;8-7(9,10)5-3-1-2-4-6(5)11;5-4(6,7)3(9)1-2-8;3-1(4)2(5)6;3-2(4)1-5/h1-9,13,18H;2-5H,1H3;1-3,6,13H,4-5H2;1-4,11H;3,8-9H,1-2H2;1-2,5-6H;2,5H,1H2. The summed E-state index contributed by atoms with van der Waals surface area (Å²) in [6.07, 6.45) is -34.0. The highest BCUT2D eigenvalue weighted by Crippen LogP contribution is 2.35. The van der Waals surface area contributed by atoms with Gasteiger partial charge in [0.05, 0.1) is 22.3 Å². The first-order valence-corrected chi connectivity index (χ1v) is 20.4. The van der Waals surface area contributed by atoms with Crippen molar-refractivity contribution >= 4 is 5.78 Å². The number of hydrogen-bond acceptors (Lipinski definition) is 9. The summed E-state index contributed by atoms with van der Waals surface area (Å²) in [5, 5.41) is 65.6. The molecule has 8 N–H and O–H groups in total. The number of Topliss-reactive ketones (excluding diaryl/α,β-unsaturated/α-hetero) is 1. The summed E-state index contributed by atoms with van der Waals surface area (Å²) < 4.78 is 222. The topological polar surface area (TPSA) is 179 Å². The molecule has 0 spiro atoms. The highest BCUT2D eigenvalue weighted by molar-refractivity contribution is 5.94. The van der Waals surface area contributed by atoms with Crippen molar-refractivity contribution in [3.8, 4) is 5.75 Å². The fraction of sp³-hybridized carbons (Fsp3) is 0.340.